The van der Waals surface area contributed by atoms with E-state index in [0.717, 1.165) is 13.1 Å². The molecule has 1 saturated heterocycles. The zero-order chi connectivity index (χ0) is 13.8. The van der Waals surface area contributed by atoms with E-state index < -0.39 is 0 Å². The Kier molecular flexibility index (Phi) is 4.47. The number of thiophene rings is 1. The monoisotopic (exact) mass is 289 g/mol. The fraction of sp³-hybridized carbons (Fsp3) is 0.375. The van der Waals surface area contributed by atoms with E-state index in [9.17, 15) is 5.11 Å². The Bertz CT molecular complexity index is 515. The van der Waals surface area contributed by atoms with E-state index in [4.69, 9.17) is 4.74 Å². The second kappa shape index (κ2) is 6.50. The molecule has 1 N–H and O–H groups in total. The number of hydrogen-bond donors (Lipinski definition) is 1. The fourth-order valence-electron chi connectivity index (χ4n) is 2.81. The van der Waals surface area contributed by atoms with Crippen LogP contribution in [0.1, 0.15) is 17.2 Å². The fourth-order valence-corrected chi connectivity index (χ4v) is 3.47. The average molecular weight is 289 g/mol. The highest BCUT2D eigenvalue weighted by molar-refractivity contribution is 7.07. The van der Waals surface area contributed by atoms with Crippen molar-refractivity contribution in [1.29, 1.82) is 0 Å². The Labute approximate surface area is 123 Å². The second-order valence-corrected chi connectivity index (χ2v) is 5.83. The first kappa shape index (κ1) is 13.8. The summed E-state index contributed by atoms with van der Waals surface area (Å²) in [5, 5.41) is 13.9. The van der Waals surface area contributed by atoms with Crippen LogP contribution >= 0.6 is 11.3 Å². The largest absolute Gasteiger partial charge is 0.394 e. The molecule has 0 bridgehead atoms. The number of aliphatic hydroxyl groups excluding tert-OH is 1. The summed E-state index contributed by atoms with van der Waals surface area (Å²) < 4.78 is 5.75. The van der Waals surface area contributed by atoms with E-state index in [2.05, 4.69) is 33.9 Å². The third kappa shape index (κ3) is 2.94. The topological polar surface area (TPSA) is 32.7 Å². The third-order valence-electron chi connectivity index (χ3n) is 3.74. The lowest BCUT2D eigenvalue weighted by atomic mass is 9.98. The van der Waals surface area contributed by atoms with Gasteiger partial charge in [0.05, 0.1) is 19.3 Å². The quantitative estimate of drug-likeness (QED) is 0.939. The maximum atomic E-state index is 9.62. The highest BCUT2D eigenvalue weighted by Crippen LogP contribution is 2.31. The molecule has 3 rings (SSSR count). The Balaban J connectivity index is 1.85. The van der Waals surface area contributed by atoms with Gasteiger partial charge >= 0.3 is 0 Å². The zero-order valence-corrected chi connectivity index (χ0v) is 12.1. The molecule has 20 heavy (non-hydrogen) atoms. The minimum atomic E-state index is -0.148. The molecular weight excluding hydrogens is 270 g/mol. The van der Waals surface area contributed by atoms with Gasteiger partial charge in [0.2, 0.25) is 0 Å². The summed E-state index contributed by atoms with van der Waals surface area (Å²) >= 11 is 1.72. The van der Waals surface area contributed by atoms with Crippen LogP contribution in [0.25, 0.3) is 0 Å². The molecule has 106 valence electrons. The van der Waals surface area contributed by atoms with Gasteiger partial charge < -0.3 is 9.84 Å². The molecule has 3 nitrogen and oxygen atoms in total. The molecule has 1 aromatic heterocycles. The van der Waals surface area contributed by atoms with E-state index in [0.29, 0.717) is 6.61 Å². The summed E-state index contributed by atoms with van der Waals surface area (Å²) in [5.41, 5.74) is 2.54. The first-order chi connectivity index (χ1) is 9.88. The van der Waals surface area contributed by atoms with Gasteiger partial charge in [0.1, 0.15) is 6.10 Å². The number of aliphatic hydroxyl groups is 1. The number of ether oxygens (including phenoxy) is 1. The van der Waals surface area contributed by atoms with Gasteiger partial charge in [0.15, 0.2) is 0 Å². The molecule has 4 heteroatoms. The van der Waals surface area contributed by atoms with Crippen LogP contribution in [0.15, 0.2) is 47.2 Å². The van der Waals surface area contributed by atoms with Crippen molar-refractivity contribution >= 4 is 11.3 Å². The van der Waals surface area contributed by atoms with Gasteiger partial charge in [-0.05, 0) is 28.0 Å². The van der Waals surface area contributed by atoms with Gasteiger partial charge in [-0.1, -0.05) is 30.3 Å². The lowest BCUT2D eigenvalue weighted by Gasteiger charge is -2.40. The molecule has 1 aromatic carbocycles. The summed E-state index contributed by atoms with van der Waals surface area (Å²) in [5.74, 6) is 0. The number of rotatable bonds is 4. The van der Waals surface area contributed by atoms with Crippen molar-refractivity contribution in [3.05, 3.63) is 58.3 Å². The SMILES string of the molecule is OC[C@H]1OCCN(Cc2ccsc2)[C@@H]1c1ccccc1. The van der Waals surface area contributed by atoms with E-state index in [-0.39, 0.29) is 18.8 Å². The van der Waals surface area contributed by atoms with Crippen molar-refractivity contribution in [2.75, 3.05) is 19.8 Å². The van der Waals surface area contributed by atoms with Crippen LogP contribution in [0.5, 0.6) is 0 Å². The standard InChI is InChI=1S/C16H19NO2S/c18-11-15-16(14-4-2-1-3-5-14)17(7-8-19-15)10-13-6-9-20-12-13/h1-6,9,12,15-16,18H,7-8,10-11H2/t15-,16-/m1/s1. The molecular formula is C16H19NO2S. The van der Waals surface area contributed by atoms with Gasteiger partial charge in [0, 0.05) is 13.1 Å². The molecule has 1 aliphatic heterocycles. The molecule has 0 amide bonds. The highest BCUT2D eigenvalue weighted by Gasteiger charge is 2.33. The lowest BCUT2D eigenvalue weighted by Crippen LogP contribution is -2.46. The van der Waals surface area contributed by atoms with Crippen molar-refractivity contribution < 1.29 is 9.84 Å². The molecule has 1 fully saturated rings. The molecule has 2 heterocycles. The maximum absolute atomic E-state index is 9.62. The number of hydrogen-bond acceptors (Lipinski definition) is 4. The summed E-state index contributed by atoms with van der Waals surface area (Å²) in [6, 6.07) is 12.6. The third-order valence-corrected chi connectivity index (χ3v) is 4.47. The van der Waals surface area contributed by atoms with Crippen LogP contribution in [0.4, 0.5) is 0 Å². The van der Waals surface area contributed by atoms with E-state index in [1.54, 1.807) is 11.3 Å². The molecule has 2 atom stereocenters. The number of benzene rings is 1. The smallest absolute Gasteiger partial charge is 0.100 e. The van der Waals surface area contributed by atoms with Gasteiger partial charge in [0.25, 0.3) is 0 Å². The number of morpholine rings is 1. The summed E-state index contributed by atoms with van der Waals surface area (Å²) in [6.45, 7) is 2.53. The Morgan fingerprint density at radius 3 is 2.80 bits per heavy atom. The van der Waals surface area contributed by atoms with Crippen LogP contribution in [0.3, 0.4) is 0 Å². The predicted molar refractivity (Wildman–Crippen MR) is 80.7 cm³/mol. The lowest BCUT2D eigenvalue weighted by molar-refractivity contribution is -0.0960. The first-order valence-corrected chi connectivity index (χ1v) is 7.85. The maximum Gasteiger partial charge on any atom is 0.100 e. The van der Waals surface area contributed by atoms with Crippen LogP contribution in [-0.2, 0) is 11.3 Å². The molecule has 0 saturated carbocycles. The van der Waals surface area contributed by atoms with Gasteiger partial charge in [-0.15, -0.1) is 0 Å². The zero-order valence-electron chi connectivity index (χ0n) is 11.3. The van der Waals surface area contributed by atoms with Gasteiger partial charge in [-0.25, -0.2) is 0 Å². The molecule has 2 aromatic rings. The van der Waals surface area contributed by atoms with Crippen LogP contribution in [0.2, 0.25) is 0 Å². The van der Waals surface area contributed by atoms with E-state index >= 15 is 0 Å². The molecule has 0 radical (unpaired) electrons. The molecule has 0 aliphatic carbocycles. The summed E-state index contributed by atoms with van der Waals surface area (Å²) in [6.07, 6.45) is -0.148. The minimum Gasteiger partial charge on any atom is -0.394 e. The highest BCUT2D eigenvalue weighted by atomic mass is 32.1. The summed E-state index contributed by atoms with van der Waals surface area (Å²) in [4.78, 5) is 2.40. The Morgan fingerprint density at radius 2 is 2.10 bits per heavy atom. The van der Waals surface area contributed by atoms with Gasteiger partial charge in [-0.2, -0.15) is 11.3 Å². The van der Waals surface area contributed by atoms with Crippen molar-refractivity contribution in [3.63, 3.8) is 0 Å². The second-order valence-electron chi connectivity index (χ2n) is 5.05. The van der Waals surface area contributed by atoms with Crippen molar-refractivity contribution in [1.82, 2.24) is 4.90 Å². The molecule has 1 aliphatic rings. The van der Waals surface area contributed by atoms with Crippen LogP contribution in [-0.4, -0.2) is 35.9 Å². The molecule has 0 spiro atoms. The predicted octanol–water partition coefficient (Wildman–Crippen LogP) is 2.68. The minimum absolute atomic E-state index is 0.0553. The first-order valence-electron chi connectivity index (χ1n) is 6.91. The number of nitrogens with zero attached hydrogens (tertiary/aromatic N) is 1. The summed E-state index contributed by atoms with van der Waals surface area (Å²) in [7, 11) is 0. The van der Waals surface area contributed by atoms with Crippen molar-refractivity contribution in [3.8, 4) is 0 Å². The van der Waals surface area contributed by atoms with Gasteiger partial charge in [-0.3, -0.25) is 4.90 Å². The van der Waals surface area contributed by atoms with Crippen LogP contribution in [0, 0.1) is 0 Å². The molecule has 0 unspecified atom stereocenters. The van der Waals surface area contributed by atoms with E-state index in [1.165, 1.54) is 11.1 Å². The average Bonchev–Trinajstić information content (AvgIpc) is 3.01. The van der Waals surface area contributed by atoms with Crippen molar-refractivity contribution in [2.24, 2.45) is 0 Å². The Morgan fingerprint density at radius 1 is 1.25 bits per heavy atom. The van der Waals surface area contributed by atoms with Crippen molar-refractivity contribution in [2.45, 2.75) is 18.7 Å². The normalized spacial score (nSPS) is 23.9. The van der Waals surface area contributed by atoms with E-state index in [1.807, 2.05) is 18.2 Å². The van der Waals surface area contributed by atoms with Crippen LogP contribution < -0.4 is 0 Å². The Hall–Kier alpha value is -1.20.